The van der Waals surface area contributed by atoms with E-state index >= 15 is 0 Å². The molecule has 1 aliphatic rings. The van der Waals surface area contributed by atoms with Gasteiger partial charge in [0.2, 0.25) is 0 Å². The first-order valence-corrected chi connectivity index (χ1v) is 8.81. The predicted octanol–water partition coefficient (Wildman–Crippen LogP) is 4.61. The maximum atomic E-state index is 12.8. The van der Waals surface area contributed by atoms with E-state index in [1.54, 1.807) is 24.3 Å². The van der Waals surface area contributed by atoms with E-state index in [2.05, 4.69) is 10.3 Å². The summed E-state index contributed by atoms with van der Waals surface area (Å²) in [5, 5.41) is 2.74. The Labute approximate surface area is 163 Å². The van der Waals surface area contributed by atoms with Crippen LogP contribution in [0.3, 0.4) is 0 Å². The van der Waals surface area contributed by atoms with Gasteiger partial charge in [0.05, 0.1) is 30.4 Å². The third-order valence-corrected chi connectivity index (χ3v) is 4.68. The van der Waals surface area contributed by atoms with Crippen molar-refractivity contribution in [2.24, 2.45) is 4.99 Å². The number of halogens is 3. The molecule has 0 aliphatic carbocycles. The minimum absolute atomic E-state index is 0.0952. The second-order valence-electron chi connectivity index (χ2n) is 5.61. The van der Waals surface area contributed by atoms with Gasteiger partial charge in [0.15, 0.2) is 16.7 Å². The van der Waals surface area contributed by atoms with Gasteiger partial charge >= 0.3 is 6.18 Å². The summed E-state index contributed by atoms with van der Waals surface area (Å²) in [6.45, 7) is 0. The molecule has 1 aliphatic heterocycles. The van der Waals surface area contributed by atoms with Crippen LogP contribution in [0.4, 0.5) is 18.9 Å². The molecule has 5 nitrogen and oxygen atoms in total. The summed E-state index contributed by atoms with van der Waals surface area (Å²) in [6.07, 6.45) is -2.85. The molecule has 0 radical (unpaired) electrons. The Hall–Kier alpha value is -2.94. The number of rotatable bonds is 4. The first kappa shape index (κ1) is 19.8. The van der Waals surface area contributed by atoms with Crippen LogP contribution in [-0.2, 0) is 11.0 Å². The summed E-state index contributed by atoms with van der Waals surface area (Å²) in [7, 11) is 2.99. The number of para-hydroxylation sites is 1. The van der Waals surface area contributed by atoms with Crippen molar-refractivity contribution in [3.8, 4) is 11.5 Å². The van der Waals surface area contributed by atoms with Crippen molar-refractivity contribution in [1.82, 2.24) is 5.32 Å². The lowest BCUT2D eigenvalue weighted by atomic mass is 10.1. The van der Waals surface area contributed by atoms with Crippen LogP contribution in [0.2, 0.25) is 0 Å². The number of methoxy groups -OCH3 is 2. The SMILES string of the molecule is COc1cccc(/C=C2/SC(=Nc3cccc(C(F)(F)F)c3)NC2=O)c1OC. The first-order chi connectivity index (χ1) is 13.3. The summed E-state index contributed by atoms with van der Waals surface area (Å²) < 4.78 is 49.0. The number of amidine groups is 1. The molecule has 1 heterocycles. The smallest absolute Gasteiger partial charge is 0.416 e. The largest absolute Gasteiger partial charge is 0.493 e. The molecule has 0 saturated carbocycles. The summed E-state index contributed by atoms with van der Waals surface area (Å²) in [4.78, 5) is 16.7. The van der Waals surface area contributed by atoms with Crippen molar-refractivity contribution >= 4 is 34.6 Å². The van der Waals surface area contributed by atoms with Gasteiger partial charge in [0.1, 0.15) is 0 Å². The molecular weight excluding hydrogens is 393 g/mol. The molecule has 0 spiro atoms. The minimum Gasteiger partial charge on any atom is -0.493 e. The molecule has 0 atom stereocenters. The molecule has 2 aromatic rings. The van der Waals surface area contributed by atoms with E-state index in [1.807, 2.05) is 0 Å². The summed E-state index contributed by atoms with van der Waals surface area (Å²) in [5.74, 6) is 0.577. The van der Waals surface area contributed by atoms with Crippen molar-refractivity contribution in [2.45, 2.75) is 6.18 Å². The van der Waals surface area contributed by atoms with Crippen LogP contribution in [0.5, 0.6) is 11.5 Å². The minimum atomic E-state index is -4.46. The van der Waals surface area contributed by atoms with Gasteiger partial charge in [-0.15, -0.1) is 0 Å². The molecular formula is C19H15F3N2O3S. The highest BCUT2D eigenvalue weighted by molar-refractivity contribution is 8.18. The highest BCUT2D eigenvalue weighted by atomic mass is 32.2. The molecule has 2 aromatic carbocycles. The Balaban J connectivity index is 1.89. The fourth-order valence-corrected chi connectivity index (χ4v) is 3.35. The standard InChI is InChI=1S/C19H15F3N2O3S/c1-26-14-8-3-5-11(16(14)27-2)9-15-17(25)24-18(28-15)23-13-7-4-6-12(10-13)19(20,21)22/h3-10H,1-2H3,(H,23,24,25)/b15-9+. The Bertz CT molecular complexity index is 971. The molecule has 146 valence electrons. The Morgan fingerprint density at radius 1 is 1.11 bits per heavy atom. The number of thioether (sulfide) groups is 1. The number of alkyl halides is 3. The zero-order valence-corrected chi connectivity index (χ0v) is 15.6. The van der Waals surface area contributed by atoms with E-state index in [0.29, 0.717) is 22.0 Å². The van der Waals surface area contributed by atoms with Gasteiger partial charge in [-0.1, -0.05) is 18.2 Å². The van der Waals surface area contributed by atoms with Crippen LogP contribution in [0, 0.1) is 0 Å². The second kappa shape index (κ2) is 7.97. The van der Waals surface area contributed by atoms with Crippen LogP contribution < -0.4 is 14.8 Å². The fraction of sp³-hybridized carbons (Fsp3) is 0.158. The molecule has 1 amide bonds. The number of nitrogens with one attached hydrogen (secondary N) is 1. The normalized spacial score (nSPS) is 17.1. The zero-order chi connectivity index (χ0) is 20.3. The molecule has 1 N–H and O–H groups in total. The van der Waals surface area contributed by atoms with Crippen LogP contribution in [0.25, 0.3) is 6.08 Å². The van der Waals surface area contributed by atoms with E-state index < -0.39 is 17.6 Å². The zero-order valence-electron chi connectivity index (χ0n) is 14.8. The lowest BCUT2D eigenvalue weighted by molar-refractivity contribution is -0.137. The van der Waals surface area contributed by atoms with Gasteiger partial charge in [-0.2, -0.15) is 13.2 Å². The van der Waals surface area contributed by atoms with E-state index in [0.717, 1.165) is 23.9 Å². The van der Waals surface area contributed by atoms with Gasteiger partial charge < -0.3 is 14.8 Å². The number of nitrogens with zero attached hydrogens (tertiary/aromatic N) is 1. The predicted molar refractivity (Wildman–Crippen MR) is 102 cm³/mol. The third kappa shape index (κ3) is 4.30. The first-order valence-electron chi connectivity index (χ1n) is 7.99. The van der Waals surface area contributed by atoms with Gasteiger partial charge in [-0.05, 0) is 42.1 Å². The summed E-state index contributed by atoms with van der Waals surface area (Å²) >= 11 is 1.03. The van der Waals surface area contributed by atoms with Crippen LogP contribution in [0.15, 0.2) is 52.4 Å². The molecule has 0 unspecified atom stereocenters. The maximum Gasteiger partial charge on any atom is 0.416 e. The monoisotopic (exact) mass is 408 g/mol. The maximum absolute atomic E-state index is 12.8. The molecule has 0 bridgehead atoms. The Morgan fingerprint density at radius 2 is 1.86 bits per heavy atom. The van der Waals surface area contributed by atoms with Crippen molar-refractivity contribution < 1.29 is 27.4 Å². The number of carbonyl (C=O) groups excluding carboxylic acids is 1. The average Bonchev–Trinajstić information content (AvgIpc) is 2.99. The number of aliphatic imine (C=N–C) groups is 1. The lowest BCUT2D eigenvalue weighted by Crippen LogP contribution is -2.19. The lowest BCUT2D eigenvalue weighted by Gasteiger charge is -2.10. The molecule has 9 heteroatoms. The second-order valence-corrected chi connectivity index (χ2v) is 6.64. The Kier molecular flexibility index (Phi) is 5.64. The van der Waals surface area contributed by atoms with Crippen molar-refractivity contribution in [1.29, 1.82) is 0 Å². The van der Waals surface area contributed by atoms with Crippen LogP contribution in [0.1, 0.15) is 11.1 Å². The topological polar surface area (TPSA) is 59.9 Å². The number of hydrogen-bond donors (Lipinski definition) is 1. The highest BCUT2D eigenvalue weighted by Gasteiger charge is 2.30. The highest BCUT2D eigenvalue weighted by Crippen LogP contribution is 2.36. The molecule has 0 aromatic heterocycles. The number of carbonyl (C=O) groups is 1. The van der Waals surface area contributed by atoms with Crippen LogP contribution >= 0.6 is 11.8 Å². The number of hydrogen-bond acceptors (Lipinski definition) is 5. The number of ether oxygens (including phenoxy) is 2. The van der Waals surface area contributed by atoms with Gasteiger partial charge in [0, 0.05) is 5.56 Å². The van der Waals surface area contributed by atoms with Gasteiger partial charge in [0.25, 0.3) is 5.91 Å². The summed E-state index contributed by atoms with van der Waals surface area (Å²) in [6, 6.07) is 9.82. The van der Waals surface area contributed by atoms with Crippen molar-refractivity contribution in [3.63, 3.8) is 0 Å². The van der Waals surface area contributed by atoms with E-state index in [-0.39, 0.29) is 10.9 Å². The number of amides is 1. The van der Waals surface area contributed by atoms with E-state index in [4.69, 9.17) is 9.47 Å². The number of benzene rings is 2. The average molecular weight is 408 g/mol. The van der Waals surface area contributed by atoms with Gasteiger partial charge in [-0.25, -0.2) is 4.99 Å². The van der Waals surface area contributed by atoms with Crippen LogP contribution in [-0.4, -0.2) is 25.3 Å². The quantitative estimate of drug-likeness (QED) is 0.751. The molecule has 28 heavy (non-hydrogen) atoms. The molecule has 1 fully saturated rings. The molecule has 3 rings (SSSR count). The van der Waals surface area contributed by atoms with E-state index in [1.165, 1.54) is 26.4 Å². The molecule has 1 saturated heterocycles. The van der Waals surface area contributed by atoms with Crippen molar-refractivity contribution in [2.75, 3.05) is 14.2 Å². The van der Waals surface area contributed by atoms with E-state index in [9.17, 15) is 18.0 Å². The third-order valence-electron chi connectivity index (χ3n) is 3.78. The van der Waals surface area contributed by atoms with Crippen molar-refractivity contribution in [3.05, 3.63) is 58.5 Å². The van der Waals surface area contributed by atoms with Gasteiger partial charge in [-0.3, -0.25) is 4.79 Å². The fourth-order valence-electron chi connectivity index (χ4n) is 2.52. The Morgan fingerprint density at radius 3 is 2.54 bits per heavy atom. The summed E-state index contributed by atoms with van der Waals surface area (Å²) in [5.41, 5.74) is -0.0850.